The molecule has 1 amide bonds. The van der Waals surface area contributed by atoms with Gasteiger partial charge in [0, 0.05) is 12.6 Å². The number of nitrogens with one attached hydrogen (secondary N) is 1. The van der Waals surface area contributed by atoms with E-state index in [9.17, 15) is 4.79 Å². The first-order chi connectivity index (χ1) is 10.0. The molecule has 3 N–H and O–H groups in total. The van der Waals surface area contributed by atoms with Gasteiger partial charge in [-0.05, 0) is 30.7 Å². The number of carbonyl (C=O) groups excluding carboxylic acids is 1. The van der Waals surface area contributed by atoms with Crippen molar-refractivity contribution in [3.63, 3.8) is 0 Å². The highest BCUT2D eigenvalue weighted by Crippen LogP contribution is 2.43. The molecule has 0 spiro atoms. The highest BCUT2D eigenvalue weighted by Gasteiger charge is 2.35. The quantitative estimate of drug-likeness (QED) is 0.790. The van der Waals surface area contributed by atoms with Crippen LogP contribution in [0.3, 0.4) is 0 Å². The number of benzene rings is 1. The number of ether oxygens (including phenoxy) is 2. The van der Waals surface area contributed by atoms with Crippen molar-refractivity contribution in [3.8, 4) is 11.5 Å². The van der Waals surface area contributed by atoms with Crippen LogP contribution >= 0.6 is 0 Å². The largest absolute Gasteiger partial charge is 0.497 e. The van der Waals surface area contributed by atoms with E-state index < -0.39 is 0 Å². The molecule has 1 fully saturated rings. The minimum atomic E-state index is -0.176. The lowest BCUT2D eigenvalue weighted by Crippen LogP contribution is -2.41. The summed E-state index contributed by atoms with van der Waals surface area (Å²) >= 11 is 0. The summed E-state index contributed by atoms with van der Waals surface area (Å²) in [5, 5.41) is 3.01. The molecule has 0 aliphatic heterocycles. The van der Waals surface area contributed by atoms with E-state index in [0.29, 0.717) is 29.3 Å². The molecule has 0 atom stereocenters. The van der Waals surface area contributed by atoms with Crippen molar-refractivity contribution >= 4 is 11.6 Å². The van der Waals surface area contributed by atoms with Gasteiger partial charge in [0.1, 0.15) is 11.5 Å². The minimum absolute atomic E-state index is 0.176. The molecule has 0 heterocycles. The first kappa shape index (κ1) is 15.5. The average Bonchev–Trinajstić information content (AvgIpc) is 2.46. The summed E-state index contributed by atoms with van der Waals surface area (Å²) in [5.41, 5.74) is 7.01. The Morgan fingerprint density at radius 2 is 2.05 bits per heavy atom. The maximum absolute atomic E-state index is 12.4. The van der Waals surface area contributed by atoms with E-state index >= 15 is 0 Å². The lowest BCUT2D eigenvalue weighted by Gasteiger charge is -2.41. The molecule has 1 saturated carbocycles. The SMILES string of the molecule is CCC1(CNC(=O)c2cc(OC)cc(OC)c2N)CCC1. The third-order valence-electron chi connectivity index (χ3n) is 4.60. The highest BCUT2D eigenvalue weighted by atomic mass is 16.5. The molecule has 1 aliphatic carbocycles. The third kappa shape index (κ3) is 3.06. The van der Waals surface area contributed by atoms with Gasteiger partial charge in [-0.25, -0.2) is 0 Å². The molecular formula is C16H24N2O3. The predicted octanol–water partition coefficient (Wildman–Crippen LogP) is 2.60. The van der Waals surface area contributed by atoms with E-state index in [1.54, 1.807) is 19.2 Å². The first-order valence-electron chi connectivity index (χ1n) is 7.35. The Labute approximate surface area is 125 Å². The smallest absolute Gasteiger partial charge is 0.253 e. The van der Waals surface area contributed by atoms with Gasteiger partial charge in [-0.3, -0.25) is 4.79 Å². The van der Waals surface area contributed by atoms with Gasteiger partial charge in [0.05, 0.1) is 25.5 Å². The highest BCUT2D eigenvalue weighted by molar-refractivity contribution is 6.01. The fraction of sp³-hybridized carbons (Fsp3) is 0.562. The van der Waals surface area contributed by atoms with Crippen LogP contribution in [0.1, 0.15) is 43.0 Å². The minimum Gasteiger partial charge on any atom is -0.497 e. The average molecular weight is 292 g/mol. The van der Waals surface area contributed by atoms with Crippen molar-refractivity contribution in [2.45, 2.75) is 32.6 Å². The molecule has 5 nitrogen and oxygen atoms in total. The standard InChI is InChI=1S/C16H24N2O3/c1-4-16(6-5-7-16)10-18-15(19)12-8-11(20-2)9-13(21-3)14(12)17/h8-9H,4-7,10,17H2,1-3H3,(H,18,19). The van der Waals surface area contributed by atoms with Gasteiger partial charge in [0.15, 0.2) is 0 Å². The lowest BCUT2D eigenvalue weighted by atomic mass is 9.67. The van der Waals surface area contributed by atoms with Crippen molar-refractivity contribution in [2.24, 2.45) is 5.41 Å². The molecule has 5 heteroatoms. The fourth-order valence-corrected chi connectivity index (χ4v) is 2.77. The van der Waals surface area contributed by atoms with Crippen LogP contribution in [0.5, 0.6) is 11.5 Å². The van der Waals surface area contributed by atoms with E-state index in [0.717, 1.165) is 6.42 Å². The number of nitrogen functional groups attached to an aromatic ring is 1. The summed E-state index contributed by atoms with van der Waals surface area (Å²) in [6.07, 6.45) is 4.70. The number of amides is 1. The molecular weight excluding hydrogens is 268 g/mol. The molecule has 116 valence electrons. The van der Waals surface area contributed by atoms with Gasteiger partial charge < -0.3 is 20.5 Å². The molecule has 0 bridgehead atoms. The molecule has 1 aromatic rings. The number of rotatable bonds is 6. The lowest BCUT2D eigenvalue weighted by molar-refractivity contribution is 0.0850. The van der Waals surface area contributed by atoms with Crippen LogP contribution in [0.2, 0.25) is 0 Å². The Bertz CT molecular complexity index is 519. The van der Waals surface area contributed by atoms with Crippen LogP contribution in [0.4, 0.5) is 5.69 Å². The predicted molar refractivity (Wildman–Crippen MR) is 82.9 cm³/mol. The first-order valence-corrected chi connectivity index (χ1v) is 7.35. The monoisotopic (exact) mass is 292 g/mol. The van der Waals surface area contributed by atoms with Crippen LogP contribution < -0.4 is 20.5 Å². The van der Waals surface area contributed by atoms with Crippen LogP contribution in [-0.4, -0.2) is 26.7 Å². The van der Waals surface area contributed by atoms with Crippen molar-refractivity contribution in [2.75, 3.05) is 26.5 Å². The van der Waals surface area contributed by atoms with E-state index in [2.05, 4.69) is 12.2 Å². The van der Waals surface area contributed by atoms with E-state index in [1.165, 1.54) is 26.4 Å². The molecule has 0 saturated heterocycles. The fourth-order valence-electron chi connectivity index (χ4n) is 2.77. The Morgan fingerprint density at radius 1 is 1.33 bits per heavy atom. The Balaban J connectivity index is 2.14. The molecule has 0 unspecified atom stereocenters. The van der Waals surface area contributed by atoms with Gasteiger partial charge in [-0.15, -0.1) is 0 Å². The second kappa shape index (κ2) is 6.24. The second-order valence-corrected chi connectivity index (χ2v) is 5.68. The van der Waals surface area contributed by atoms with Crippen molar-refractivity contribution in [3.05, 3.63) is 17.7 Å². The van der Waals surface area contributed by atoms with Gasteiger partial charge in [0.25, 0.3) is 5.91 Å². The van der Waals surface area contributed by atoms with Gasteiger partial charge in [-0.2, -0.15) is 0 Å². The Kier molecular flexibility index (Phi) is 4.60. The summed E-state index contributed by atoms with van der Waals surface area (Å²) in [6.45, 7) is 2.87. The number of nitrogens with two attached hydrogens (primary N) is 1. The zero-order chi connectivity index (χ0) is 15.5. The molecule has 21 heavy (non-hydrogen) atoms. The molecule has 1 aliphatic rings. The van der Waals surface area contributed by atoms with Crippen LogP contribution in [0.15, 0.2) is 12.1 Å². The topological polar surface area (TPSA) is 73.6 Å². The molecule has 2 rings (SSSR count). The summed E-state index contributed by atoms with van der Waals surface area (Å²) in [6, 6.07) is 3.32. The summed E-state index contributed by atoms with van der Waals surface area (Å²) in [4.78, 5) is 12.4. The Morgan fingerprint density at radius 3 is 2.52 bits per heavy atom. The van der Waals surface area contributed by atoms with E-state index in [4.69, 9.17) is 15.2 Å². The van der Waals surface area contributed by atoms with Crippen molar-refractivity contribution in [1.29, 1.82) is 0 Å². The second-order valence-electron chi connectivity index (χ2n) is 5.68. The van der Waals surface area contributed by atoms with Crippen molar-refractivity contribution in [1.82, 2.24) is 5.32 Å². The van der Waals surface area contributed by atoms with E-state index in [1.807, 2.05) is 0 Å². The van der Waals surface area contributed by atoms with Gasteiger partial charge in [0.2, 0.25) is 0 Å². The number of hydrogen-bond acceptors (Lipinski definition) is 4. The number of hydrogen-bond donors (Lipinski definition) is 2. The normalized spacial score (nSPS) is 16.0. The van der Waals surface area contributed by atoms with Crippen LogP contribution in [0.25, 0.3) is 0 Å². The summed E-state index contributed by atoms with van der Waals surface area (Å²) < 4.78 is 10.4. The number of carbonyl (C=O) groups is 1. The molecule has 1 aromatic carbocycles. The van der Waals surface area contributed by atoms with Crippen LogP contribution in [-0.2, 0) is 0 Å². The maximum Gasteiger partial charge on any atom is 0.253 e. The Hall–Kier alpha value is -1.91. The zero-order valence-corrected chi connectivity index (χ0v) is 13.0. The molecule has 0 radical (unpaired) electrons. The maximum atomic E-state index is 12.4. The van der Waals surface area contributed by atoms with E-state index in [-0.39, 0.29) is 11.3 Å². The molecule has 0 aromatic heterocycles. The van der Waals surface area contributed by atoms with Gasteiger partial charge >= 0.3 is 0 Å². The van der Waals surface area contributed by atoms with Crippen molar-refractivity contribution < 1.29 is 14.3 Å². The van der Waals surface area contributed by atoms with Gasteiger partial charge in [-0.1, -0.05) is 13.3 Å². The third-order valence-corrected chi connectivity index (χ3v) is 4.60. The van der Waals surface area contributed by atoms with Crippen LogP contribution in [0, 0.1) is 5.41 Å². The zero-order valence-electron chi connectivity index (χ0n) is 13.0. The summed E-state index contributed by atoms with van der Waals surface area (Å²) in [7, 11) is 3.07. The number of anilines is 1. The number of methoxy groups -OCH3 is 2. The summed E-state index contributed by atoms with van der Waals surface area (Å²) in [5.74, 6) is 0.831.